The molecule has 0 amide bonds. The third kappa shape index (κ3) is 1.35. The monoisotopic (exact) mass is 176 g/mol. The summed E-state index contributed by atoms with van der Waals surface area (Å²) in [5.74, 6) is 0.809. The van der Waals surface area contributed by atoms with Gasteiger partial charge in [-0.1, -0.05) is 0 Å². The van der Waals surface area contributed by atoms with E-state index in [2.05, 4.69) is 15.2 Å². The minimum absolute atomic E-state index is 0.125. The van der Waals surface area contributed by atoms with Gasteiger partial charge < -0.3 is 9.67 Å². The fraction of sp³-hybridized carbons (Fsp3) is 0.125. The SMILES string of the molecule is Cn1cnnc1-c1cncc(O)c1. The Bertz CT molecular complexity index is 424. The lowest BCUT2D eigenvalue weighted by Gasteiger charge is -1.99. The van der Waals surface area contributed by atoms with Crippen LogP contribution in [-0.4, -0.2) is 24.9 Å². The molecule has 2 aromatic rings. The lowest BCUT2D eigenvalue weighted by atomic mass is 10.2. The zero-order valence-corrected chi connectivity index (χ0v) is 7.05. The quantitative estimate of drug-likeness (QED) is 0.690. The molecule has 0 unspecified atom stereocenters. The number of pyridine rings is 1. The van der Waals surface area contributed by atoms with Crippen LogP contribution in [0, 0.1) is 0 Å². The van der Waals surface area contributed by atoms with Gasteiger partial charge in [-0.05, 0) is 6.07 Å². The van der Waals surface area contributed by atoms with Crippen molar-refractivity contribution in [3.8, 4) is 17.1 Å². The molecule has 0 spiro atoms. The highest BCUT2D eigenvalue weighted by Crippen LogP contribution is 2.18. The molecule has 0 aliphatic heterocycles. The first kappa shape index (κ1) is 7.72. The Balaban J connectivity index is 2.53. The Labute approximate surface area is 74.7 Å². The van der Waals surface area contributed by atoms with Crippen molar-refractivity contribution >= 4 is 0 Å². The van der Waals surface area contributed by atoms with Crippen LogP contribution in [0.2, 0.25) is 0 Å². The summed E-state index contributed by atoms with van der Waals surface area (Å²) < 4.78 is 1.76. The summed E-state index contributed by atoms with van der Waals surface area (Å²) in [6.07, 6.45) is 4.60. The van der Waals surface area contributed by atoms with Gasteiger partial charge in [0.1, 0.15) is 12.1 Å². The second-order valence-electron chi connectivity index (χ2n) is 2.70. The van der Waals surface area contributed by atoms with Crippen molar-refractivity contribution in [1.82, 2.24) is 19.7 Å². The summed E-state index contributed by atoms with van der Waals surface area (Å²) in [6, 6.07) is 1.59. The zero-order valence-electron chi connectivity index (χ0n) is 7.05. The number of aromatic hydroxyl groups is 1. The Morgan fingerprint density at radius 3 is 2.85 bits per heavy atom. The highest BCUT2D eigenvalue weighted by atomic mass is 16.3. The highest BCUT2D eigenvalue weighted by molar-refractivity contribution is 5.55. The first-order valence-corrected chi connectivity index (χ1v) is 3.76. The van der Waals surface area contributed by atoms with E-state index in [1.165, 1.54) is 6.20 Å². The summed E-state index contributed by atoms with van der Waals surface area (Å²) in [5, 5.41) is 16.8. The predicted molar refractivity (Wildman–Crippen MR) is 45.9 cm³/mol. The molecule has 0 saturated heterocycles. The summed E-state index contributed by atoms with van der Waals surface area (Å²) in [7, 11) is 1.83. The molecule has 2 rings (SSSR count). The van der Waals surface area contributed by atoms with Gasteiger partial charge in [0.15, 0.2) is 5.82 Å². The van der Waals surface area contributed by atoms with Gasteiger partial charge in [-0.3, -0.25) is 4.98 Å². The van der Waals surface area contributed by atoms with Crippen LogP contribution in [0.3, 0.4) is 0 Å². The van der Waals surface area contributed by atoms with E-state index in [-0.39, 0.29) is 5.75 Å². The average Bonchev–Trinajstić information content (AvgIpc) is 2.51. The number of aromatic nitrogens is 4. The van der Waals surface area contributed by atoms with E-state index < -0.39 is 0 Å². The first-order chi connectivity index (χ1) is 6.27. The molecule has 13 heavy (non-hydrogen) atoms. The predicted octanol–water partition coefficient (Wildman–Crippen LogP) is 0.583. The molecule has 0 saturated carbocycles. The smallest absolute Gasteiger partial charge is 0.165 e. The van der Waals surface area contributed by atoms with Gasteiger partial charge in [0.2, 0.25) is 0 Å². The summed E-state index contributed by atoms with van der Waals surface area (Å²) in [5.41, 5.74) is 0.750. The second-order valence-corrected chi connectivity index (χ2v) is 2.70. The highest BCUT2D eigenvalue weighted by Gasteiger charge is 2.04. The summed E-state index contributed by atoms with van der Waals surface area (Å²) in [4.78, 5) is 3.85. The molecule has 0 fully saturated rings. The Morgan fingerprint density at radius 1 is 1.38 bits per heavy atom. The van der Waals surface area contributed by atoms with Crippen molar-refractivity contribution in [2.24, 2.45) is 7.05 Å². The van der Waals surface area contributed by atoms with Crippen LogP contribution < -0.4 is 0 Å². The number of aryl methyl sites for hydroxylation is 1. The molecule has 0 aromatic carbocycles. The van der Waals surface area contributed by atoms with E-state index in [0.717, 1.165) is 5.56 Å². The van der Waals surface area contributed by atoms with Crippen molar-refractivity contribution in [2.75, 3.05) is 0 Å². The van der Waals surface area contributed by atoms with Crippen molar-refractivity contribution in [2.45, 2.75) is 0 Å². The van der Waals surface area contributed by atoms with Crippen molar-refractivity contribution < 1.29 is 5.11 Å². The van der Waals surface area contributed by atoms with E-state index in [4.69, 9.17) is 0 Å². The molecule has 0 bridgehead atoms. The lowest BCUT2D eigenvalue weighted by Crippen LogP contribution is -1.91. The van der Waals surface area contributed by atoms with E-state index in [1.54, 1.807) is 23.2 Å². The Kier molecular flexibility index (Phi) is 1.70. The van der Waals surface area contributed by atoms with Gasteiger partial charge in [0.25, 0.3) is 0 Å². The minimum Gasteiger partial charge on any atom is -0.506 e. The third-order valence-electron chi connectivity index (χ3n) is 1.69. The van der Waals surface area contributed by atoms with Crippen LogP contribution in [0.5, 0.6) is 5.75 Å². The van der Waals surface area contributed by atoms with Gasteiger partial charge >= 0.3 is 0 Å². The van der Waals surface area contributed by atoms with Crippen LogP contribution in [0.4, 0.5) is 0 Å². The first-order valence-electron chi connectivity index (χ1n) is 3.76. The number of nitrogens with zero attached hydrogens (tertiary/aromatic N) is 4. The van der Waals surface area contributed by atoms with Gasteiger partial charge in [-0.25, -0.2) is 0 Å². The van der Waals surface area contributed by atoms with Gasteiger partial charge in [0.05, 0.1) is 6.20 Å². The molecule has 66 valence electrons. The summed E-state index contributed by atoms with van der Waals surface area (Å²) in [6.45, 7) is 0. The Morgan fingerprint density at radius 2 is 2.23 bits per heavy atom. The number of hydrogen-bond donors (Lipinski definition) is 1. The number of rotatable bonds is 1. The maximum atomic E-state index is 9.18. The van der Waals surface area contributed by atoms with Crippen molar-refractivity contribution in [3.63, 3.8) is 0 Å². The molecular weight excluding hydrogens is 168 g/mol. The molecular formula is C8H8N4O. The molecule has 0 atom stereocenters. The van der Waals surface area contributed by atoms with Crippen LogP contribution in [0.25, 0.3) is 11.4 Å². The van der Waals surface area contributed by atoms with Crippen LogP contribution in [0.15, 0.2) is 24.8 Å². The number of hydrogen-bond acceptors (Lipinski definition) is 4. The minimum atomic E-state index is 0.125. The zero-order chi connectivity index (χ0) is 9.26. The molecule has 0 radical (unpaired) electrons. The summed E-state index contributed by atoms with van der Waals surface area (Å²) >= 11 is 0. The second kappa shape index (κ2) is 2.85. The largest absolute Gasteiger partial charge is 0.506 e. The normalized spacial score (nSPS) is 10.2. The van der Waals surface area contributed by atoms with E-state index in [1.807, 2.05) is 7.05 Å². The van der Waals surface area contributed by atoms with E-state index in [9.17, 15) is 5.11 Å². The van der Waals surface area contributed by atoms with Crippen LogP contribution in [-0.2, 0) is 7.05 Å². The fourth-order valence-electron chi connectivity index (χ4n) is 1.09. The van der Waals surface area contributed by atoms with Crippen molar-refractivity contribution in [1.29, 1.82) is 0 Å². The molecule has 1 N–H and O–H groups in total. The maximum Gasteiger partial charge on any atom is 0.165 e. The van der Waals surface area contributed by atoms with Gasteiger partial charge in [0, 0.05) is 18.8 Å². The fourth-order valence-corrected chi connectivity index (χ4v) is 1.09. The standard InChI is InChI=1S/C8H8N4O/c1-12-5-10-11-8(12)6-2-7(13)4-9-3-6/h2-5,13H,1H3. The molecule has 2 aromatic heterocycles. The lowest BCUT2D eigenvalue weighted by molar-refractivity contribution is 0.473. The molecule has 2 heterocycles. The van der Waals surface area contributed by atoms with E-state index >= 15 is 0 Å². The Hall–Kier alpha value is -1.91. The molecule has 0 aliphatic carbocycles. The van der Waals surface area contributed by atoms with Crippen molar-refractivity contribution in [3.05, 3.63) is 24.8 Å². The van der Waals surface area contributed by atoms with Gasteiger partial charge in [-0.2, -0.15) is 0 Å². The molecule has 0 aliphatic rings. The molecule has 5 heteroatoms. The average molecular weight is 176 g/mol. The van der Waals surface area contributed by atoms with E-state index in [0.29, 0.717) is 5.82 Å². The van der Waals surface area contributed by atoms with Gasteiger partial charge in [-0.15, -0.1) is 10.2 Å². The maximum absolute atomic E-state index is 9.18. The third-order valence-corrected chi connectivity index (χ3v) is 1.69. The van der Waals surface area contributed by atoms with Crippen LogP contribution >= 0.6 is 0 Å². The van der Waals surface area contributed by atoms with Crippen LogP contribution in [0.1, 0.15) is 0 Å². The molecule has 5 nitrogen and oxygen atoms in total. The topological polar surface area (TPSA) is 63.8 Å².